The number of hydrogen-bond acceptors (Lipinski definition) is 4. The second-order valence-corrected chi connectivity index (χ2v) is 7.28. The second-order valence-electron chi connectivity index (χ2n) is 7.28. The molecule has 1 aromatic rings. The summed E-state index contributed by atoms with van der Waals surface area (Å²) in [6, 6.07) is 8.00. The van der Waals surface area contributed by atoms with Gasteiger partial charge in [0.25, 0.3) is 0 Å². The normalized spacial score (nSPS) is 18.7. The van der Waals surface area contributed by atoms with Gasteiger partial charge in [-0.15, -0.1) is 0 Å². The summed E-state index contributed by atoms with van der Waals surface area (Å²) in [5.74, 6) is 0.647. The van der Waals surface area contributed by atoms with E-state index >= 15 is 0 Å². The first kappa shape index (κ1) is 18.7. The summed E-state index contributed by atoms with van der Waals surface area (Å²) in [6.45, 7) is 8.36. The van der Waals surface area contributed by atoms with Crippen molar-refractivity contribution >= 4 is 23.2 Å². The zero-order chi connectivity index (χ0) is 18.5. The maximum absolute atomic E-state index is 12.5. The van der Waals surface area contributed by atoms with Crippen molar-refractivity contribution < 1.29 is 14.3 Å². The van der Waals surface area contributed by atoms with Gasteiger partial charge in [0.1, 0.15) is 6.54 Å². The van der Waals surface area contributed by atoms with Gasteiger partial charge in [-0.3, -0.25) is 9.59 Å². The fourth-order valence-corrected chi connectivity index (χ4v) is 3.54. The third-order valence-corrected chi connectivity index (χ3v) is 5.35. The average Bonchev–Trinajstić information content (AvgIpc) is 2.67. The van der Waals surface area contributed by atoms with Gasteiger partial charge in [0, 0.05) is 44.5 Å². The van der Waals surface area contributed by atoms with Crippen LogP contribution >= 0.6 is 0 Å². The van der Waals surface area contributed by atoms with Crippen LogP contribution in [0.5, 0.6) is 0 Å². The molecule has 2 saturated heterocycles. The van der Waals surface area contributed by atoms with Crippen LogP contribution in [0.15, 0.2) is 24.3 Å². The van der Waals surface area contributed by atoms with Gasteiger partial charge in [-0.1, -0.05) is 6.92 Å². The van der Waals surface area contributed by atoms with Crippen LogP contribution < -0.4 is 9.80 Å². The highest BCUT2D eigenvalue weighted by atomic mass is 16.5. The smallest absolute Gasteiger partial charge is 0.242 e. The summed E-state index contributed by atoms with van der Waals surface area (Å²) in [5, 5.41) is 0. The lowest BCUT2D eigenvalue weighted by Gasteiger charge is -2.32. The fourth-order valence-electron chi connectivity index (χ4n) is 3.54. The lowest BCUT2D eigenvalue weighted by Crippen LogP contribution is -2.46. The minimum Gasteiger partial charge on any atom is -0.378 e. The maximum Gasteiger partial charge on any atom is 0.242 e. The highest BCUT2D eigenvalue weighted by molar-refractivity contribution is 5.97. The van der Waals surface area contributed by atoms with E-state index in [-0.39, 0.29) is 18.4 Å². The lowest BCUT2D eigenvalue weighted by molar-refractivity contribution is -0.134. The average molecular weight is 359 g/mol. The van der Waals surface area contributed by atoms with E-state index in [4.69, 9.17) is 4.74 Å². The van der Waals surface area contributed by atoms with E-state index in [0.717, 1.165) is 24.7 Å². The van der Waals surface area contributed by atoms with E-state index in [9.17, 15) is 9.59 Å². The Morgan fingerprint density at radius 2 is 1.69 bits per heavy atom. The first-order chi connectivity index (χ1) is 12.5. The largest absolute Gasteiger partial charge is 0.378 e. The molecule has 0 saturated carbocycles. The molecule has 0 aliphatic carbocycles. The third kappa shape index (κ3) is 4.55. The molecule has 2 amide bonds. The Hall–Kier alpha value is -2.08. The van der Waals surface area contributed by atoms with Gasteiger partial charge in [0.05, 0.1) is 13.2 Å². The van der Waals surface area contributed by atoms with Crippen molar-refractivity contribution in [3.05, 3.63) is 24.3 Å². The third-order valence-electron chi connectivity index (χ3n) is 5.35. The molecule has 0 unspecified atom stereocenters. The van der Waals surface area contributed by atoms with Gasteiger partial charge in [0.15, 0.2) is 0 Å². The van der Waals surface area contributed by atoms with Crippen molar-refractivity contribution in [3.8, 4) is 0 Å². The molecular formula is C20H29N3O3. The van der Waals surface area contributed by atoms with Crippen molar-refractivity contribution in [3.63, 3.8) is 0 Å². The number of rotatable bonds is 4. The Morgan fingerprint density at radius 3 is 2.27 bits per heavy atom. The maximum atomic E-state index is 12.5. The SMILES string of the molecule is CC(=O)N(CC(=O)N1CCOCC1)c1ccc(N2CCC(C)CC2)cc1. The molecular weight excluding hydrogens is 330 g/mol. The Labute approximate surface area is 155 Å². The van der Waals surface area contributed by atoms with E-state index in [1.807, 2.05) is 12.1 Å². The minimum absolute atomic E-state index is 0.0300. The monoisotopic (exact) mass is 359 g/mol. The highest BCUT2D eigenvalue weighted by Gasteiger charge is 2.22. The van der Waals surface area contributed by atoms with E-state index in [2.05, 4.69) is 24.0 Å². The van der Waals surface area contributed by atoms with Crippen LogP contribution in [0, 0.1) is 5.92 Å². The van der Waals surface area contributed by atoms with Crippen molar-refractivity contribution in [2.75, 3.05) is 55.7 Å². The Balaban J connectivity index is 1.66. The first-order valence-corrected chi connectivity index (χ1v) is 9.53. The zero-order valence-electron chi connectivity index (χ0n) is 15.8. The number of piperidine rings is 1. The Morgan fingerprint density at radius 1 is 1.08 bits per heavy atom. The van der Waals surface area contributed by atoms with Crippen LogP contribution in [0.3, 0.4) is 0 Å². The number of amides is 2. The molecule has 0 atom stereocenters. The topological polar surface area (TPSA) is 53.1 Å². The molecule has 0 aromatic heterocycles. The van der Waals surface area contributed by atoms with E-state index in [1.54, 1.807) is 9.80 Å². The predicted molar refractivity (Wildman–Crippen MR) is 102 cm³/mol. The standard InChI is InChI=1S/C20H29N3O3/c1-16-7-9-21(10-8-16)18-3-5-19(6-4-18)23(17(2)24)15-20(25)22-11-13-26-14-12-22/h3-6,16H,7-15H2,1-2H3. The van der Waals surface area contributed by atoms with Crippen molar-refractivity contribution in [2.24, 2.45) is 5.92 Å². The molecule has 142 valence electrons. The summed E-state index contributed by atoms with van der Waals surface area (Å²) >= 11 is 0. The molecule has 26 heavy (non-hydrogen) atoms. The summed E-state index contributed by atoms with van der Waals surface area (Å²) < 4.78 is 5.29. The van der Waals surface area contributed by atoms with Gasteiger partial charge >= 0.3 is 0 Å². The summed E-state index contributed by atoms with van der Waals surface area (Å²) in [7, 11) is 0. The predicted octanol–water partition coefficient (Wildman–Crippen LogP) is 2.13. The van der Waals surface area contributed by atoms with Gasteiger partial charge in [0.2, 0.25) is 11.8 Å². The molecule has 2 fully saturated rings. The second kappa shape index (κ2) is 8.54. The van der Waals surface area contributed by atoms with Crippen molar-refractivity contribution in [1.29, 1.82) is 0 Å². The molecule has 2 heterocycles. The lowest BCUT2D eigenvalue weighted by atomic mass is 9.99. The quantitative estimate of drug-likeness (QED) is 0.826. The van der Waals surface area contributed by atoms with Crippen molar-refractivity contribution in [1.82, 2.24) is 4.90 Å². The van der Waals surface area contributed by atoms with Crippen LogP contribution in [-0.2, 0) is 14.3 Å². The Kier molecular flexibility index (Phi) is 6.14. The van der Waals surface area contributed by atoms with Crippen LogP contribution in [0.2, 0.25) is 0 Å². The Bertz CT molecular complexity index is 618. The van der Waals surface area contributed by atoms with Crippen molar-refractivity contribution in [2.45, 2.75) is 26.7 Å². The van der Waals surface area contributed by atoms with E-state index in [1.165, 1.54) is 25.5 Å². The molecule has 2 aliphatic rings. The van der Waals surface area contributed by atoms with Crippen LogP contribution in [0.4, 0.5) is 11.4 Å². The molecule has 1 aromatic carbocycles. The molecule has 0 spiro atoms. The number of anilines is 2. The zero-order valence-corrected chi connectivity index (χ0v) is 15.8. The number of morpholine rings is 1. The van der Waals surface area contributed by atoms with Crippen LogP contribution in [-0.4, -0.2) is 62.7 Å². The van der Waals surface area contributed by atoms with Gasteiger partial charge in [-0.2, -0.15) is 0 Å². The summed E-state index contributed by atoms with van der Waals surface area (Å²) in [6.07, 6.45) is 2.44. The fraction of sp³-hybridized carbons (Fsp3) is 0.600. The number of ether oxygens (including phenoxy) is 1. The molecule has 6 heteroatoms. The van der Waals surface area contributed by atoms with Gasteiger partial charge in [-0.25, -0.2) is 0 Å². The minimum atomic E-state index is -0.119. The number of carbonyl (C=O) groups is 2. The molecule has 6 nitrogen and oxygen atoms in total. The van der Waals surface area contributed by atoms with E-state index < -0.39 is 0 Å². The number of carbonyl (C=O) groups excluding carboxylic acids is 2. The summed E-state index contributed by atoms with van der Waals surface area (Å²) in [4.78, 5) is 30.3. The molecule has 0 radical (unpaired) electrons. The number of hydrogen-bond donors (Lipinski definition) is 0. The number of nitrogens with zero attached hydrogens (tertiary/aromatic N) is 3. The molecule has 2 aliphatic heterocycles. The van der Waals surface area contributed by atoms with Crippen LogP contribution in [0.25, 0.3) is 0 Å². The van der Waals surface area contributed by atoms with Gasteiger partial charge < -0.3 is 19.4 Å². The molecule has 3 rings (SSSR count). The first-order valence-electron chi connectivity index (χ1n) is 9.53. The molecule has 0 bridgehead atoms. The summed E-state index contributed by atoms with van der Waals surface area (Å²) in [5.41, 5.74) is 1.96. The van der Waals surface area contributed by atoms with Gasteiger partial charge in [-0.05, 0) is 43.0 Å². The highest BCUT2D eigenvalue weighted by Crippen LogP contribution is 2.25. The van der Waals surface area contributed by atoms with Crippen LogP contribution in [0.1, 0.15) is 26.7 Å². The van der Waals surface area contributed by atoms with E-state index in [0.29, 0.717) is 26.3 Å². The molecule has 0 N–H and O–H groups in total. The number of benzene rings is 1.